The van der Waals surface area contributed by atoms with Gasteiger partial charge in [-0.05, 0) is 17.7 Å². The highest BCUT2D eigenvalue weighted by Gasteiger charge is 2.03. The van der Waals surface area contributed by atoms with Crippen LogP contribution in [0.4, 0.5) is 10.1 Å². The molecule has 0 radical (unpaired) electrons. The van der Waals surface area contributed by atoms with Gasteiger partial charge in [0.25, 0.3) is 0 Å². The highest BCUT2D eigenvalue weighted by Crippen LogP contribution is 2.17. The normalized spacial score (nSPS) is 12.7. The molecule has 5 heteroatoms. The van der Waals surface area contributed by atoms with Crippen LogP contribution in [-0.2, 0) is 5.75 Å². The Morgan fingerprint density at radius 2 is 2.20 bits per heavy atom. The number of rotatable bonds is 5. The Morgan fingerprint density at radius 3 is 2.80 bits per heavy atom. The fourth-order valence-electron chi connectivity index (χ4n) is 1.03. The number of aliphatic hydroxyl groups excluding tert-OH is 2. The van der Waals surface area contributed by atoms with Crippen LogP contribution in [-0.4, -0.2) is 28.7 Å². The van der Waals surface area contributed by atoms with Crippen LogP contribution in [0.1, 0.15) is 5.56 Å². The molecule has 1 unspecified atom stereocenters. The Morgan fingerprint density at radius 1 is 1.47 bits per heavy atom. The van der Waals surface area contributed by atoms with Gasteiger partial charge in [-0.25, -0.2) is 4.39 Å². The molecular formula is C10H14FNO2S. The third-order valence-electron chi connectivity index (χ3n) is 1.85. The first-order valence-corrected chi connectivity index (χ1v) is 5.69. The molecule has 0 aliphatic rings. The van der Waals surface area contributed by atoms with Crippen molar-refractivity contribution in [3.05, 3.63) is 29.6 Å². The topological polar surface area (TPSA) is 66.5 Å². The fourth-order valence-corrected chi connectivity index (χ4v) is 1.94. The van der Waals surface area contributed by atoms with E-state index in [1.54, 1.807) is 6.07 Å². The van der Waals surface area contributed by atoms with Crippen molar-refractivity contribution < 1.29 is 14.6 Å². The third kappa shape index (κ3) is 4.07. The SMILES string of the molecule is Nc1ccc(CSCC(O)CO)cc1F. The zero-order chi connectivity index (χ0) is 11.3. The van der Waals surface area contributed by atoms with E-state index in [-0.39, 0.29) is 12.3 Å². The van der Waals surface area contributed by atoms with Crippen molar-refractivity contribution >= 4 is 17.4 Å². The molecule has 1 atom stereocenters. The van der Waals surface area contributed by atoms with Gasteiger partial charge in [-0.15, -0.1) is 0 Å². The van der Waals surface area contributed by atoms with Crippen molar-refractivity contribution in [3.8, 4) is 0 Å². The van der Waals surface area contributed by atoms with E-state index in [0.717, 1.165) is 5.56 Å². The van der Waals surface area contributed by atoms with Crippen LogP contribution >= 0.6 is 11.8 Å². The molecule has 3 nitrogen and oxygen atoms in total. The lowest BCUT2D eigenvalue weighted by Crippen LogP contribution is -2.14. The molecule has 0 aromatic heterocycles. The Hall–Kier alpha value is -0.780. The van der Waals surface area contributed by atoms with Gasteiger partial charge >= 0.3 is 0 Å². The Kier molecular flexibility index (Phi) is 4.87. The van der Waals surface area contributed by atoms with E-state index in [9.17, 15) is 4.39 Å². The van der Waals surface area contributed by atoms with E-state index >= 15 is 0 Å². The van der Waals surface area contributed by atoms with E-state index in [0.29, 0.717) is 11.5 Å². The molecule has 15 heavy (non-hydrogen) atoms. The minimum Gasteiger partial charge on any atom is -0.396 e. The van der Waals surface area contributed by atoms with Crippen molar-refractivity contribution in [2.24, 2.45) is 0 Å². The molecule has 1 aromatic rings. The second kappa shape index (κ2) is 5.95. The number of aliphatic hydroxyl groups is 2. The molecule has 84 valence electrons. The summed E-state index contributed by atoms with van der Waals surface area (Å²) in [5.74, 6) is 0.604. The van der Waals surface area contributed by atoms with Gasteiger partial charge in [0.05, 0.1) is 18.4 Å². The number of nitrogens with two attached hydrogens (primary N) is 1. The zero-order valence-corrected chi connectivity index (χ0v) is 9.01. The minimum absolute atomic E-state index is 0.138. The second-order valence-electron chi connectivity index (χ2n) is 3.21. The summed E-state index contributed by atoms with van der Waals surface area (Å²) in [5.41, 5.74) is 6.29. The fraction of sp³-hybridized carbons (Fsp3) is 0.400. The van der Waals surface area contributed by atoms with E-state index in [4.69, 9.17) is 15.9 Å². The first kappa shape index (κ1) is 12.3. The molecule has 0 saturated heterocycles. The number of anilines is 1. The molecule has 0 bridgehead atoms. The third-order valence-corrected chi connectivity index (χ3v) is 3.01. The van der Waals surface area contributed by atoms with E-state index in [2.05, 4.69) is 0 Å². The summed E-state index contributed by atoms with van der Waals surface area (Å²) in [7, 11) is 0. The predicted molar refractivity (Wildman–Crippen MR) is 60.1 cm³/mol. The lowest BCUT2D eigenvalue weighted by molar-refractivity contribution is 0.113. The van der Waals surface area contributed by atoms with Gasteiger partial charge in [-0.1, -0.05) is 6.07 Å². The maximum Gasteiger partial charge on any atom is 0.146 e. The molecule has 0 amide bonds. The largest absolute Gasteiger partial charge is 0.396 e. The van der Waals surface area contributed by atoms with Gasteiger partial charge < -0.3 is 15.9 Å². The molecular weight excluding hydrogens is 217 g/mol. The van der Waals surface area contributed by atoms with Gasteiger partial charge in [-0.3, -0.25) is 0 Å². The van der Waals surface area contributed by atoms with Crippen LogP contribution in [0.2, 0.25) is 0 Å². The summed E-state index contributed by atoms with van der Waals surface area (Å²) in [6.07, 6.45) is -0.714. The monoisotopic (exact) mass is 231 g/mol. The summed E-state index contributed by atoms with van der Waals surface area (Å²) >= 11 is 1.44. The Labute approximate surface area is 92.1 Å². The van der Waals surface area contributed by atoms with Crippen LogP contribution in [0.5, 0.6) is 0 Å². The maximum atomic E-state index is 13.0. The number of halogens is 1. The van der Waals surface area contributed by atoms with E-state index in [1.165, 1.54) is 23.9 Å². The molecule has 0 spiro atoms. The van der Waals surface area contributed by atoms with E-state index < -0.39 is 11.9 Å². The first-order valence-electron chi connectivity index (χ1n) is 4.54. The van der Waals surface area contributed by atoms with Crippen molar-refractivity contribution in [3.63, 3.8) is 0 Å². The average Bonchev–Trinajstić information content (AvgIpc) is 2.23. The summed E-state index contributed by atoms with van der Waals surface area (Å²) < 4.78 is 13.0. The average molecular weight is 231 g/mol. The minimum atomic E-state index is -0.714. The van der Waals surface area contributed by atoms with Gasteiger partial charge in [-0.2, -0.15) is 11.8 Å². The van der Waals surface area contributed by atoms with Crippen LogP contribution in [0, 0.1) is 5.82 Å². The highest BCUT2D eigenvalue weighted by atomic mass is 32.2. The van der Waals surface area contributed by atoms with Crippen LogP contribution in [0.15, 0.2) is 18.2 Å². The van der Waals surface area contributed by atoms with Crippen molar-refractivity contribution in [1.82, 2.24) is 0 Å². The quantitative estimate of drug-likeness (QED) is 0.661. The van der Waals surface area contributed by atoms with E-state index in [1.807, 2.05) is 0 Å². The van der Waals surface area contributed by atoms with Crippen molar-refractivity contribution in [2.45, 2.75) is 11.9 Å². The number of thioether (sulfide) groups is 1. The molecule has 0 heterocycles. The summed E-state index contributed by atoms with van der Waals surface area (Å²) in [6.45, 7) is -0.247. The summed E-state index contributed by atoms with van der Waals surface area (Å²) in [4.78, 5) is 0. The number of hydrogen-bond acceptors (Lipinski definition) is 4. The maximum absolute atomic E-state index is 13.0. The lowest BCUT2D eigenvalue weighted by Gasteiger charge is -2.06. The Bertz CT molecular complexity index is 322. The predicted octanol–water partition coefficient (Wildman–Crippen LogP) is 0.994. The van der Waals surface area contributed by atoms with Crippen LogP contribution in [0.25, 0.3) is 0 Å². The van der Waals surface area contributed by atoms with Crippen molar-refractivity contribution in [1.29, 1.82) is 0 Å². The molecule has 0 fully saturated rings. The van der Waals surface area contributed by atoms with Gasteiger partial charge in [0.2, 0.25) is 0 Å². The van der Waals surface area contributed by atoms with Gasteiger partial charge in [0.15, 0.2) is 0 Å². The number of hydrogen-bond donors (Lipinski definition) is 3. The molecule has 1 rings (SSSR count). The molecule has 1 aromatic carbocycles. The molecule has 0 aliphatic heterocycles. The van der Waals surface area contributed by atoms with Crippen molar-refractivity contribution in [2.75, 3.05) is 18.1 Å². The summed E-state index contributed by atoms with van der Waals surface area (Å²) in [6, 6.07) is 4.65. The standard InChI is InChI=1S/C10H14FNO2S/c11-9-3-7(1-2-10(9)12)5-15-6-8(14)4-13/h1-3,8,13-14H,4-6,12H2. The molecule has 4 N–H and O–H groups in total. The molecule has 0 saturated carbocycles. The number of nitrogen functional groups attached to an aromatic ring is 1. The van der Waals surface area contributed by atoms with Crippen LogP contribution < -0.4 is 5.73 Å². The smallest absolute Gasteiger partial charge is 0.146 e. The lowest BCUT2D eigenvalue weighted by atomic mass is 10.2. The highest BCUT2D eigenvalue weighted by molar-refractivity contribution is 7.98. The van der Waals surface area contributed by atoms with Gasteiger partial charge in [0.1, 0.15) is 5.82 Å². The van der Waals surface area contributed by atoms with Gasteiger partial charge in [0, 0.05) is 11.5 Å². The second-order valence-corrected chi connectivity index (χ2v) is 4.24. The first-order chi connectivity index (χ1) is 7.13. The number of benzene rings is 1. The van der Waals surface area contributed by atoms with Crippen LogP contribution in [0.3, 0.4) is 0 Å². The molecule has 0 aliphatic carbocycles. The Balaban J connectivity index is 2.41. The summed E-state index contributed by atoms with van der Waals surface area (Å²) in [5, 5.41) is 17.6. The zero-order valence-electron chi connectivity index (χ0n) is 8.19.